The number of anilines is 2. The summed E-state index contributed by atoms with van der Waals surface area (Å²) in [7, 11) is 0. The topological polar surface area (TPSA) is 47.6 Å². The number of fused-ring (bicyclic) bond motifs is 1. The van der Waals surface area contributed by atoms with Crippen molar-refractivity contribution in [3.63, 3.8) is 0 Å². The first-order chi connectivity index (χ1) is 13.4. The fourth-order valence-corrected chi connectivity index (χ4v) is 3.39. The molecule has 146 valence electrons. The summed E-state index contributed by atoms with van der Waals surface area (Å²) in [6.07, 6.45) is -2.50. The highest BCUT2D eigenvalue weighted by Gasteiger charge is 2.31. The SMILES string of the molecule is O=C1NC(=CN2CCN(c3cccc(C(F)(F)F)c3)CC2)Nc2ccccc21. The van der Waals surface area contributed by atoms with Gasteiger partial charge in [0.15, 0.2) is 0 Å². The second-order valence-corrected chi connectivity index (χ2v) is 6.74. The first-order valence-electron chi connectivity index (χ1n) is 8.96. The maximum absolute atomic E-state index is 12.9. The van der Waals surface area contributed by atoms with Crippen molar-refractivity contribution in [3.8, 4) is 0 Å². The van der Waals surface area contributed by atoms with Crippen molar-refractivity contribution in [3.05, 3.63) is 71.7 Å². The molecule has 2 N–H and O–H groups in total. The number of alkyl halides is 3. The summed E-state index contributed by atoms with van der Waals surface area (Å²) in [6.45, 7) is 2.46. The molecule has 0 aromatic heterocycles. The van der Waals surface area contributed by atoms with Crippen molar-refractivity contribution >= 4 is 17.3 Å². The van der Waals surface area contributed by atoms with E-state index in [1.165, 1.54) is 12.1 Å². The van der Waals surface area contributed by atoms with E-state index in [-0.39, 0.29) is 5.91 Å². The lowest BCUT2D eigenvalue weighted by atomic mass is 10.1. The van der Waals surface area contributed by atoms with Gasteiger partial charge < -0.3 is 20.4 Å². The second kappa shape index (κ2) is 7.10. The minimum atomic E-state index is -4.34. The van der Waals surface area contributed by atoms with E-state index in [0.29, 0.717) is 43.3 Å². The molecule has 4 rings (SSSR count). The lowest BCUT2D eigenvalue weighted by Crippen LogP contribution is -2.45. The molecule has 0 bridgehead atoms. The lowest BCUT2D eigenvalue weighted by Gasteiger charge is -2.36. The van der Waals surface area contributed by atoms with Crippen LogP contribution in [0.3, 0.4) is 0 Å². The molecule has 2 aromatic carbocycles. The van der Waals surface area contributed by atoms with E-state index in [4.69, 9.17) is 0 Å². The van der Waals surface area contributed by atoms with E-state index in [1.807, 2.05) is 34.2 Å². The molecule has 2 heterocycles. The van der Waals surface area contributed by atoms with Gasteiger partial charge in [-0.05, 0) is 30.3 Å². The molecule has 2 aliphatic rings. The van der Waals surface area contributed by atoms with Gasteiger partial charge >= 0.3 is 6.18 Å². The Morgan fingerprint density at radius 1 is 0.929 bits per heavy atom. The van der Waals surface area contributed by atoms with Crippen LogP contribution in [0, 0.1) is 0 Å². The average Bonchev–Trinajstić information content (AvgIpc) is 2.68. The first-order valence-corrected chi connectivity index (χ1v) is 8.96. The molecule has 0 saturated carbocycles. The number of piperazine rings is 1. The molecule has 0 unspecified atom stereocenters. The average molecular weight is 388 g/mol. The molecular formula is C20H19F3N4O. The maximum atomic E-state index is 12.9. The summed E-state index contributed by atoms with van der Waals surface area (Å²) in [4.78, 5) is 16.2. The number of para-hydroxylation sites is 1. The first kappa shape index (κ1) is 18.2. The highest BCUT2D eigenvalue weighted by Crippen LogP contribution is 2.32. The quantitative estimate of drug-likeness (QED) is 0.827. The van der Waals surface area contributed by atoms with E-state index >= 15 is 0 Å². The van der Waals surface area contributed by atoms with Crippen LogP contribution >= 0.6 is 0 Å². The van der Waals surface area contributed by atoms with Crippen LogP contribution < -0.4 is 15.5 Å². The van der Waals surface area contributed by atoms with Gasteiger partial charge in [-0.25, -0.2) is 0 Å². The van der Waals surface area contributed by atoms with Gasteiger partial charge in [-0.15, -0.1) is 0 Å². The number of halogens is 3. The molecule has 1 fully saturated rings. The number of nitrogens with one attached hydrogen (secondary N) is 2. The predicted octanol–water partition coefficient (Wildman–Crippen LogP) is 3.48. The molecule has 0 spiro atoms. The third-order valence-electron chi connectivity index (χ3n) is 4.85. The molecule has 1 amide bonds. The van der Waals surface area contributed by atoms with Crippen molar-refractivity contribution in [1.29, 1.82) is 0 Å². The standard InChI is InChI=1S/C20H19F3N4O/c21-20(22,23)14-4-3-5-15(12-14)27-10-8-26(9-11-27)13-18-24-17-7-2-1-6-16(17)19(28)25-18/h1-7,12-13,24H,8-11H2,(H,25,28). The van der Waals surface area contributed by atoms with E-state index in [1.54, 1.807) is 12.1 Å². The second-order valence-electron chi connectivity index (χ2n) is 6.74. The summed E-state index contributed by atoms with van der Waals surface area (Å²) in [5.41, 5.74) is 1.27. The van der Waals surface area contributed by atoms with Crippen molar-refractivity contribution in [2.45, 2.75) is 6.18 Å². The van der Waals surface area contributed by atoms with Crippen molar-refractivity contribution in [2.75, 3.05) is 36.4 Å². The number of rotatable bonds is 2. The number of carbonyl (C=O) groups is 1. The Morgan fingerprint density at radius 3 is 2.43 bits per heavy atom. The Balaban J connectivity index is 1.41. The van der Waals surface area contributed by atoms with E-state index in [2.05, 4.69) is 10.6 Å². The van der Waals surface area contributed by atoms with Crippen LogP contribution in [0.25, 0.3) is 0 Å². The molecule has 8 heteroatoms. The maximum Gasteiger partial charge on any atom is 0.416 e. The fraction of sp³-hybridized carbons (Fsp3) is 0.250. The monoisotopic (exact) mass is 388 g/mol. The van der Waals surface area contributed by atoms with Crippen LogP contribution in [-0.2, 0) is 6.18 Å². The van der Waals surface area contributed by atoms with Gasteiger partial charge in [-0.2, -0.15) is 13.2 Å². The molecule has 28 heavy (non-hydrogen) atoms. The molecule has 0 radical (unpaired) electrons. The molecule has 1 saturated heterocycles. The van der Waals surface area contributed by atoms with Gasteiger partial charge in [-0.1, -0.05) is 18.2 Å². The van der Waals surface area contributed by atoms with Crippen LogP contribution in [0.15, 0.2) is 60.6 Å². The Morgan fingerprint density at radius 2 is 1.68 bits per heavy atom. The number of hydrogen-bond acceptors (Lipinski definition) is 4. The minimum Gasteiger partial charge on any atom is -0.371 e. The molecule has 2 aromatic rings. The Hall–Kier alpha value is -3.16. The lowest BCUT2D eigenvalue weighted by molar-refractivity contribution is -0.137. The molecular weight excluding hydrogens is 369 g/mol. The summed E-state index contributed by atoms with van der Waals surface area (Å²) in [6, 6.07) is 12.7. The largest absolute Gasteiger partial charge is 0.416 e. The van der Waals surface area contributed by atoms with E-state index in [0.717, 1.165) is 11.8 Å². The van der Waals surface area contributed by atoms with Crippen LogP contribution in [0.5, 0.6) is 0 Å². The molecule has 0 aliphatic carbocycles. The van der Waals surface area contributed by atoms with Crippen LogP contribution in [-0.4, -0.2) is 37.0 Å². The van der Waals surface area contributed by atoms with Gasteiger partial charge in [-0.3, -0.25) is 4.79 Å². The highest BCUT2D eigenvalue weighted by molar-refractivity contribution is 6.03. The molecule has 2 aliphatic heterocycles. The molecule has 5 nitrogen and oxygen atoms in total. The summed E-state index contributed by atoms with van der Waals surface area (Å²) in [5.74, 6) is 0.430. The zero-order valence-corrected chi connectivity index (χ0v) is 15.0. The fourth-order valence-electron chi connectivity index (χ4n) is 3.39. The molecule has 0 atom stereocenters. The summed E-state index contributed by atoms with van der Waals surface area (Å²) in [5, 5.41) is 6.01. The Kier molecular flexibility index (Phi) is 4.62. The predicted molar refractivity (Wildman–Crippen MR) is 101 cm³/mol. The van der Waals surface area contributed by atoms with Gasteiger partial charge in [0.1, 0.15) is 5.82 Å². The van der Waals surface area contributed by atoms with Crippen LogP contribution in [0.2, 0.25) is 0 Å². The van der Waals surface area contributed by atoms with Crippen molar-refractivity contribution < 1.29 is 18.0 Å². The number of benzene rings is 2. The van der Waals surface area contributed by atoms with E-state index in [9.17, 15) is 18.0 Å². The van der Waals surface area contributed by atoms with Crippen LogP contribution in [0.1, 0.15) is 15.9 Å². The smallest absolute Gasteiger partial charge is 0.371 e. The van der Waals surface area contributed by atoms with Gasteiger partial charge in [0.05, 0.1) is 16.8 Å². The zero-order valence-electron chi connectivity index (χ0n) is 15.0. The summed E-state index contributed by atoms with van der Waals surface area (Å²) < 4.78 is 38.8. The van der Waals surface area contributed by atoms with Gasteiger partial charge in [0, 0.05) is 38.1 Å². The van der Waals surface area contributed by atoms with Gasteiger partial charge in [0.2, 0.25) is 0 Å². The highest BCUT2D eigenvalue weighted by atomic mass is 19.4. The number of carbonyl (C=O) groups excluding carboxylic acids is 1. The summed E-state index contributed by atoms with van der Waals surface area (Å²) >= 11 is 0. The number of amides is 1. The van der Waals surface area contributed by atoms with Crippen LogP contribution in [0.4, 0.5) is 24.5 Å². The number of hydrogen-bond donors (Lipinski definition) is 2. The Labute approximate surface area is 160 Å². The third-order valence-corrected chi connectivity index (χ3v) is 4.85. The van der Waals surface area contributed by atoms with Crippen molar-refractivity contribution in [2.24, 2.45) is 0 Å². The minimum absolute atomic E-state index is 0.164. The van der Waals surface area contributed by atoms with Crippen molar-refractivity contribution in [1.82, 2.24) is 10.2 Å². The Bertz CT molecular complexity index is 918. The number of nitrogens with zero attached hydrogens (tertiary/aromatic N) is 2. The normalized spacial score (nSPS) is 18.5. The third kappa shape index (κ3) is 3.76. The zero-order chi connectivity index (χ0) is 19.7. The van der Waals surface area contributed by atoms with E-state index < -0.39 is 11.7 Å². The van der Waals surface area contributed by atoms with Gasteiger partial charge in [0.25, 0.3) is 5.91 Å².